The largest absolute Gasteiger partial charge is 0.456 e. The molecule has 0 amide bonds. The lowest BCUT2D eigenvalue weighted by atomic mass is 9.92. The van der Waals surface area contributed by atoms with Gasteiger partial charge in [-0.25, -0.2) is 0 Å². The third-order valence-electron chi connectivity index (χ3n) is 11.4. The smallest absolute Gasteiger partial charge is 0.135 e. The Balaban J connectivity index is 1.12. The van der Waals surface area contributed by atoms with E-state index in [1.54, 1.807) is 0 Å². The van der Waals surface area contributed by atoms with Crippen LogP contribution in [-0.4, -0.2) is 0 Å². The lowest BCUT2D eigenvalue weighted by Crippen LogP contribution is -2.10. The first-order valence-electron chi connectivity index (χ1n) is 18.7. The van der Waals surface area contributed by atoms with E-state index in [2.05, 4.69) is 181 Å². The first-order valence-corrected chi connectivity index (χ1v) is 19.6. The Kier molecular flexibility index (Phi) is 6.54. The molecule has 0 N–H and O–H groups in total. The summed E-state index contributed by atoms with van der Waals surface area (Å²) in [6.07, 6.45) is 0. The summed E-state index contributed by atoms with van der Waals surface area (Å²) in [6.45, 7) is 0. The molecule has 0 saturated heterocycles. The summed E-state index contributed by atoms with van der Waals surface area (Å²) in [5.74, 6) is 0. The average molecular weight is 718 g/mol. The Hall–Kier alpha value is -6.94. The molecule has 0 spiro atoms. The minimum Gasteiger partial charge on any atom is -0.456 e. The molecule has 10 aromatic carbocycles. The van der Waals surface area contributed by atoms with E-state index in [4.69, 9.17) is 4.42 Å². The molecule has 256 valence electrons. The van der Waals surface area contributed by atoms with E-state index in [1.807, 2.05) is 23.5 Å². The number of furan rings is 1. The van der Waals surface area contributed by atoms with Crippen LogP contribution in [0.15, 0.2) is 192 Å². The highest BCUT2D eigenvalue weighted by Crippen LogP contribution is 2.45. The first kappa shape index (κ1) is 30.5. The van der Waals surface area contributed by atoms with Gasteiger partial charge < -0.3 is 9.32 Å². The van der Waals surface area contributed by atoms with Crippen molar-refractivity contribution < 1.29 is 4.42 Å². The summed E-state index contributed by atoms with van der Waals surface area (Å²) < 4.78 is 8.94. The van der Waals surface area contributed by atoms with Crippen molar-refractivity contribution in [2.45, 2.75) is 0 Å². The van der Waals surface area contributed by atoms with Crippen LogP contribution in [0, 0.1) is 0 Å². The molecule has 2 nitrogen and oxygen atoms in total. The van der Waals surface area contributed by atoms with Gasteiger partial charge in [0, 0.05) is 47.7 Å². The average Bonchev–Trinajstić information content (AvgIpc) is 3.81. The van der Waals surface area contributed by atoms with Gasteiger partial charge in [0.2, 0.25) is 0 Å². The van der Waals surface area contributed by atoms with Gasteiger partial charge in [0.1, 0.15) is 11.2 Å². The number of rotatable bonds is 4. The fraction of sp³-hybridized carbons (Fsp3) is 0. The second kappa shape index (κ2) is 11.8. The van der Waals surface area contributed by atoms with E-state index in [-0.39, 0.29) is 0 Å². The number of hydrogen-bond acceptors (Lipinski definition) is 3. The van der Waals surface area contributed by atoms with Crippen molar-refractivity contribution in [3.05, 3.63) is 188 Å². The van der Waals surface area contributed by atoms with Gasteiger partial charge in [-0.2, -0.15) is 0 Å². The number of fused-ring (bicyclic) bond motifs is 13. The van der Waals surface area contributed by atoms with Crippen molar-refractivity contribution >= 4 is 114 Å². The zero-order valence-corrected chi connectivity index (χ0v) is 30.5. The van der Waals surface area contributed by atoms with Gasteiger partial charge in [0.05, 0.1) is 5.69 Å². The molecule has 0 aliphatic carbocycles. The van der Waals surface area contributed by atoms with Gasteiger partial charge in [-0.1, -0.05) is 127 Å². The molecule has 55 heavy (non-hydrogen) atoms. The Morgan fingerprint density at radius 2 is 1.00 bits per heavy atom. The van der Waals surface area contributed by atoms with Crippen LogP contribution >= 0.6 is 11.3 Å². The summed E-state index contributed by atoms with van der Waals surface area (Å²) in [4.78, 5) is 2.43. The third kappa shape index (κ3) is 4.67. The lowest BCUT2D eigenvalue weighted by molar-refractivity contribution is 0.669. The summed E-state index contributed by atoms with van der Waals surface area (Å²) >= 11 is 1.86. The lowest BCUT2D eigenvalue weighted by Gasteiger charge is -2.28. The van der Waals surface area contributed by atoms with Gasteiger partial charge in [0.25, 0.3) is 0 Å². The molecule has 12 aromatic rings. The van der Waals surface area contributed by atoms with Crippen LogP contribution < -0.4 is 4.90 Å². The van der Waals surface area contributed by atoms with Crippen LogP contribution in [0.25, 0.3) is 96.3 Å². The molecule has 12 rings (SSSR count). The minimum atomic E-state index is 0.886. The van der Waals surface area contributed by atoms with Crippen molar-refractivity contribution in [1.29, 1.82) is 0 Å². The number of thiophene rings is 1. The Morgan fingerprint density at radius 3 is 1.91 bits per heavy atom. The normalized spacial score (nSPS) is 12.0. The molecule has 3 heteroatoms. The Bertz CT molecular complexity index is 3510. The van der Waals surface area contributed by atoms with E-state index in [0.717, 1.165) is 39.0 Å². The van der Waals surface area contributed by atoms with E-state index in [9.17, 15) is 0 Å². The van der Waals surface area contributed by atoms with Gasteiger partial charge >= 0.3 is 0 Å². The van der Waals surface area contributed by atoms with Crippen LogP contribution in [0.5, 0.6) is 0 Å². The topological polar surface area (TPSA) is 16.4 Å². The molecular formula is C52H31NOS. The SMILES string of the molecule is c1cc(-c2ccc3sc4ccccc4c3c2)cc(N(c2ccc3oc4ccccc4c3c2)c2cccc3c2ccc2ccc4ccc5ccccc5c4c23)c1. The molecule has 0 fully saturated rings. The molecule has 0 unspecified atom stereocenters. The van der Waals surface area contributed by atoms with Crippen LogP contribution in [0.4, 0.5) is 17.1 Å². The molecule has 0 aliphatic rings. The zero-order valence-electron chi connectivity index (χ0n) is 29.7. The van der Waals surface area contributed by atoms with Crippen molar-refractivity contribution in [2.24, 2.45) is 0 Å². The summed E-state index contributed by atoms with van der Waals surface area (Å²) in [6, 6.07) is 68.8. The predicted molar refractivity (Wildman–Crippen MR) is 237 cm³/mol. The molecule has 0 atom stereocenters. The molecule has 0 aliphatic heterocycles. The van der Waals surface area contributed by atoms with Gasteiger partial charge in [-0.15, -0.1) is 11.3 Å². The number of nitrogens with zero attached hydrogens (tertiary/aromatic N) is 1. The highest BCUT2D eigenvalue weighted by Gasteiger charge is 2.20. The first-order chi connectivity index (χ1) is 27.2. The Morgan fingerprint density at radius 1 is 0.345 bits per heavy atom. The summed E-state index contributed by atoms with van der Waals surface area (Å²) in [7, 11) is 0. The molecular weight excluding hydrogens is 687 g/mol. The van der Waals surface area contributed by atoms with E-state index >= 15 is 0 Å². The highest BCUT2D eigenvalue weighted by atomic mass is 32.1. The highest BCUT2D eigenvalue weighted by molar-refractivity contribution is 7.25. The van der Waals surface area contributed by atoms with E-state index in [0.29, 0.717) is 0 Å². The van der Waals surface area contributed by atoms with Crippen LogP contribution in [0.2, 0.25) is 0 Å². The molecule has 0 radical (unpaired) electrons. The minimum absolute atomic E-state index is 0.886. The summed E-state index contributed by atoms with van der Waals surface area (Å²) in [5.41, 5.74) is 7.46. The quantitative estimate of drug-likeness (QED) is 0.169. The van der Waals surface area contributed by atoms with Crippen LogP contribution in [-0.2, 0) is 0 Å². The fourth-order valence-electron chi connectivity index (χ4n) is 8.87. The maximum atomic E-state index is 6.31. The van der Waals surface area contributed by atoms with Crippen molar-refractivity contribution in [3.63, 3.8) is 0 Å². The molecule has 0 bridgehead atoms. The number of benzene rings is 10. The molecule has 0 saturated carbocycles. The van der Waals surface area contributed by atoms with Gasteiger partial charge in [-0.05, 0) is 109 Å². The van der Waals surface area contributed by atoms with E-state index < -0.39 is 0 Å². The maximum absolute atomic E-state index is 6.31. The fourth-order valence-corrected chi connectivity index (χ4v) is 9.95. The van der Waals surface area contributed by atoms with Crippen LogP contribution in [0.1, 0.15) is 0 Å². The second-order valence-corrected chi connectivity index (χ2v) is 15.5. The van der Waals surface area contributed by atoms with E-state index in [1.165, 1.54) is 74.4 Å². The monoisotopic (exact) mass is 717 g/mol. The zero-order chi connectivity index (χ0) is 36.0. The second-order valence-electron chi connectivity index (χ2n) is 14.5. The third-order valence-corrected chi connectivity index (χ3v) is 12.5. The van der Waals surface area contributed by atoms with Gasteiger partial charge in [0.15, 0.2) is 0 Å². The van der Waals surface area contributed by atoms with Gasteiger partial charge in [-0.3, -0.25) is 0 Å². The predicted octanol–water partition coefficient (Wildman–Crippen LogP) is 15.7. The standard InChI is InChI=1S/C52H31NOS/c1-2-12-39-32(9-1)19-20-33-21-22-34-23-26-40-43(52(34)51(33)39)15-8-16-46(40)53(38-25-27-48-44(31-38)41-13-3-5-17-47(41)54-48)37-11-7-10-35(29-37)36-24-28-50-45(30-36)42-14-4-6-18-49(42)55-50/h1-31H. The van der Waals surface area contributed by atoms with Crippen molar-refractivity contribution in [3.8, 4) is 11.1 Å². The Labute approximate surface area is 320 Å². The number of hydrogen-bond donors (Lipinski definition) is 0. The van der Waals surface area contributed by atoms with Crippen molar-refractivity contribution in [1.82, 2.24) is 0 Å². The summed E-state index contributed by atoms with van der Waals surface area (Å²) in [5, 5.41) is 14.9. The molecule has 2 heterocycles. The van der Waals surface area contributed by atoms with Crippen LogP contribution in [0.3, 0.4) is 0 Å². The number of para-hydroxylation sites is 1. The van der Waals surface area contributed by atoms with Crippen molar-refractivity contribution in [2.75, 3.05) is 4.90 Å². The molecule has 2 aromatic heterocycles. The number of anilines is 3. The maximum Gasteiger partial charge on any atom is 0.135 e.